The molecule has 0 unspecified atom stereocenters. The first-order valence-corrected chi connectivity index (χ1v) is 15.3. The average Bonchev–Trinajstić information content (AvgIpc) is 3.45. The summed E-state index contributed by atoms with van der Waals surface area (Å²) in [5, 5.41) is 4.30. The van der Waals surface area contributed by atoms with Crippen LogP contribution in [0.25, 0.3) is 22.8 Å². The standard InChI is InChI=1S/C34H46N2O/c1-3-5-6-8-26-11-15-28(16-12-26)29-17-21-31(22-18-29)33-35-34(37-36-33)32-23-19-30(20-24-32)27-13-9-25(7-4-2)10-14-27/h17-28H,3-16H2,1-2H3. The van der Waals surface area contributed by atoms with E-state index in [4.69, 9.17) is 9.51 Å². The SMILES string of the molecule is CCCCCC1CCC(c2ccc(-c3noc(-c4ccc(C5CCC(CCC)CC5)cc4)n3)cc2)CC1. The summed E-state index contributed by atoms with van der Waals surface area (Å²) in [6.07, 6.45) is 19.1. The number of nitrogens with zero attached hydrogens (tertiary/aromatic N) is 2. The van der Waals surface area contributed by atoms with Gasteiger partial charge in [-0.1, -0.05) is 93.9 Å². The van der Waals surface area contributed by atoms with E-state index >= 15 is 0 Å². The molecule has 1 aromatic heterocycles. The smallest absolute Gasteiger partial charge is 0.258 e. The molecule has 2 aliphatic rings. The lowest BCUT2D eigenvalue weighted by Crippen LogP contribution is -2.13. The molecule has 0 bridgehead atoms. The average molecular weight is 499 g/mol. The summed E-state index contributed by atoms with van der Waals surface area (Å²) in [5.41, 5.74) is 4.98. The van der Waals surface area contributed by atoms with Crippen LogP contribution < -0.4 is 0 Å². The normalized spacial score (nSPS) is 24.3. The Morgan fingerprint density at radius 1 is 0.622 bits per heavy atom. The van der Waals surface area contributed by atoms with Gasteiger partial charge >= 0.3 is 0 Å². The van der Waals surface area contributed by atoms with E-state index in [1.54, 1.807) is 0 Å². The second-order valence-electron chi connectivity index (χ2n) is 11.9. The van der Waals surface area contributed by atoms with Gasteiger partial charge in [-0.2, -0.15) is 4.98 Å². The molecule has 3 heteroatoms. The minimum absolute atomic E-state index is 0.610. The quantitative estimate of drug-likeness (QED) is 0.261. The van der Waals surface area contributed by atoms with Gasteiger partial charge in [-0.05, 0) is 98.3 Å². The number of rotatable bonds is 10. The van der Waals surface area contributed by atoms with Gasteiger partial charge in [0, 0.05) is 11.1 Å². The van der Waals surface area contributed by atoms with Crippen molar-refractivity contribution in [3.8, 4) is 22.8 Å². The predicted molar refractivity (Wildman–Crippen MR) is 154 cm³/mol. The van der Waals surface area contributed by atoms with Crippen LogP contribution in [0, 0.1) is 11.8 Å². The molecule has 2 aliphatic carbocycles. The second-order valence-corrected chi connectivity index (χ2v) is 11.9. The maximum Gasteiger partial charge on any atom is 0.258 e. The minimum atomic E-state index is 0.610. The van der Waals surface area contributed by atoms with Gasteiger partial charge in [0.2, 0.25) is 5.82 Å². The maximum atomic E-state index is 5.67. The van der Waals surface area contributed by atoms with E-state index in [9.17, 15) is 0 Å². The third-order valence-electron chi connectivity index (χ3n) is 9.30. The highest BCUT2D eigenvalue weighted by Crippen LogP contribution is 2.39. The Bertz CT molecular complexity index is 1070. The fourth-order valence-corrected chi connectivity index (χ4v) is 6.92. The molecular weight excluding hydrogens is 452 g/mol. The summed E-state index contributed by atoms with van der Waals surface area (Å²) < 4.78 is 5.67. The van der Waals surface area contributed by atoms with Crippen molar-refractivity contribution < 1.29 is 4.52 Å². The molecule has 0 amide bonds. The molecule has 0 aliphatic heterocycles. The fraction of sp³-hybridized carbons (Fsp3) is 0.588. The van der Waals surface area contributed by atoms with E-state index in [-0.39, 0.29) is 0 Å². The topological polar surface area (TPSA) is 38.9 Å². The first kappa shape index (κ1) is 26.2. The van der Waals surface area contributed by atoms with Crippen LogP contribution >= 0.6 is 0 Å². The van der Waals surface area contributed by atoms with E-state index in [1.807, 2.05) is 0 Å². The van der Waals surface area contributed by atoms with Crippen molar-refractivity contribution in [1.82, 2.24) is 10.1 Å². The lowest BCUT2D eigenvalue weighted by atomic mass is 9.77. The molecule has 0 radical (unpaired) electrons. The van der Waals surface area contributed by atoms with Gasteiger partial charge in [-0.3, -0.25) is 0 Å². The van der Waals surface area contributed by atoms with E-state index in [2.05, 4.69) is 67.5 Å². The van der Waals surface area contributed by atoms with Crippen molar-refractivity contribution in [1.29, 1.82) is 0 Å². The molecular formula is C34H46N2O. The molecule has 5 rings (SSSR count). The summed E-state index contributed by atoms with van der Waals surface area (Å²) in [7, 11) is 0. The summed E-state index contributed by atoms with van der Waals surface area (Å²) in [4.78, 5) is 4.73. The van der Waals surface area contributed by atoms with Crippen LogP contribution in [0.5, 0.6) is 0 Å². The van der Waals surface area contributed by atoms with E-state index < -0.39 is 0 Å². The van der Waals surface area contributed by atoms with Crippen molar-refractivity contribution >= 4 is 0 Å². The number of hydrogen-bond acceptors (Lipinski definition) is 3. The van der Waals surface area contributed by atoms with Crippen LogP contribution in [-0.4, -0.2) is 10.1 Å². The number of aromatic nitrogens is 2. The summed E-state index contributed by atoms with van der Waals surface area (Å²) in [6.45, 7) is 4.61. The number of hydrogen-bond donors (Lipinski definition) is 0. The molecule has 0 saturated heterocycles. The minimum Gasteiger partial charge on any atom is -0.334 e. The summed E-state index contributed by atoms with van der Waals surface area (Å²) in [6, 6.07) is 17.8. The first-order chi connectivity index (χ1) is 18.2. The van der Waals surface area contributed by atoms with Gasteiger partial charge in [0.05, 0.1) is 0 Å². The Labute approximate surface area is 224 Å². The molecule has 3 aromatic rings. The van der Waals surface area contributed by atoms with Gasteiger partial charge in [0.25, 0.3) is 5.89 Å². The highest BCUT2D eigenvalue weighted by atomic mass is 16.5. The Kier molecular flexibility index (Phi) is 9.13. The molecule has 2 saturated carbocycles. The van der Waals surface area contributed by atoms with Crippen LogP contribution in [0.1, 0.15) is 127 Å². The van der Waals surface area contributed by atoms with Crippen LogP contribution in [0.2, 0.25) is 0 Å². The summed E-state index contributed by atoms with van der Waals surface area (Å²) in [5.74, 6) is 4.60. The predicted octanol–water partition coefficient (Wildman–Crippen LogP) is 10.3. The molecule has 0 spiro atoms. The Morgan fingerprint density at radius 2 is 1.16 bits per heavy atom. The third-order valence-corrected chi connectivity index (χ3v) is 9.30. The van der Waals surface area contributed by atoms with E-state index in [0.29, 0.717) is 23.6 Å². The van der Waals surface area contributed by atoms with Gasteiger partial charge in [-0.15, -0.1) is 0 Å². The molecule has 0 N–H and O–H groups in total. The van der Waals surface area contributed by atoms with Gasteiger partial charge in [0.15, 0.2) is 0 Å². The Morgan fingerprint density at radius 3 is 1.70 bits per heavy atom. The molecule has 2 aromatic carbocycles. The first-order valence-electron chi connectivity index (χ1n) is 15.3. The zero-order valence-electron chi connectivity index (χ0n) is 23.1. The van der Waals surface area contributed by atoms with E-state index in [1.165, 1.54) is 101 Å². The Balaban J connectivity index is 1.15. The maximum absolute atomic E-state index is 5.67. The molecule has 3 nitrogen and oxygen atoms in total. The van der Waals surface area contributed by atoms with Crippen molar-refractivity contribution in [2.45, 2.75) is 116 Å². The zero-order chi connectivity index (χ0) is 25.5. The van der Waals surface area contributed by atoms with Gasteiger partial charge < -0.3 is 4.52 Å². The lowest BCUT2D eigenvalue weighted by molar-refractivity contribution is 0.303. The van der Waals surface area contributed by atoms with E-state index in [0.717, 1.165) is 23.0 Å². The molecule has 1 heterocycles. The van der Waals surface area contributed by atoms with Crippen LogP contribution in [-0.2, 0) is 0 Å². The monoisotopic (exact) mass is 498 g/mol. The number of benzene rings is 2. The number of unbranched alkanes of at least 4 members (excludes halogenated alkanes) is 2. The second kappa shape index (κ2) is 12.9. The zero-order valence-corrected chi connectivity index (χ0v) is 23.1. The Hall–Kier alpha value is -2.42. The molecule has 0 atom stereocenters. The lowest BCUT2D eigenvalue weighted by Gasteiger charge is -2.29. The van der Waals surface area contributed by atoms with Crippen LogP contribution in [0.15, 0.2) is 53.1 Å². The van der Waals surface area contributed by atoms with Crippen LogP contribution in [0.4, 0.5) is 0 Å². The largest absolute Gasteiger partial charge is 0.334 e. The highest BCUT2D eigenvalue weighted by molar-refractivity contribution is 5.60. The fourth-order valence-electron chi connectivity index (χ4n) is 6.92. The molecule has 198 valence electrons. The van der Waals surface area contributed by atoms with Crippen LogP contribution in [0.3, 0.4) is 0 Å². The van der Waals surface area contributed by atoms with Gasteiger partial charge in [-0.25, -0.2) is 0 Å². The highest BCUT2D eigenvalue weighted by Gasteiger charge is 2.23. The van der Waals surface area contributed by atoms with Crippen molar-refractivity contribution in [3.05, 3.63) is 59.7 Å². The molecule has 37 heavy (non-hydrogen) atoms. The summed E-state index contributed by atoms with van der Waals surface area (Å²) >= 11 is 0. The van der Waals surface area contributed by atoms with Crippen molar-refractivity contribution in [2.75, 3.05) is 0 Å². The van der Waals surface area contributed by atoms with Crippen molar-refractivity contribution in [2.24, 2.45) is 11.8 Å². The van der Waals surface area contributed by atoms with Gasteiger partial charge in [0.1, 0.15) is 0 Å². The third kappa shape index (κ3) is 6.72. The van der Waals surface area contributed by atoms with Crippen molar-refractivity contribution in [3.63, 3.8) is 0 Å². The molecule has 2 fully saturated rings.